The fourth-order valence-electron chi connectivity index (χ4n) is 3.08. The number of hydrogen-bond donors (Lipinski definition) is 1. The third-order valence-electron chi connectivity index (χ3n) is 3.99. The molecule has 1 aromatic heterocycles. The monoisotopic (exact) mass is 287 g/mol. The Bertz CT molecular complexity index is 672. The number of nitrogens with one attached hydrogen (secondary N) is 1. The van der Waals surface area contributed by atoms with Gasteiger partial charge in [-0.1, -0.05) is 0 Å². The van der Waals surface area contributed by atoms with Crippen molar-refractivity contribution in [2.24, 2.45) is 0 Å². The number of carbonyl (C=O) groups excluding carboxylic acids is 1. The van der Waals surface area contributed by atoms with Crippen molar-refractivity contribution in [2.75, 3.05) is 13.2 Å². The number of esters is 1. The van der Waals surface area contributed by atoms with Gasteiger partial charge in [-0.3, -0.25) is 0 Å². The van der Waals surface area contributed by atoms with Crippen molar-refractivity contribution in [3.63, 3.8) is 0 Å². The van der Waals surface area contributed by atoms with Gasteiger partial charge in [0.05, 0.1) is 13.2 Å². The first kappa shape index (κ1) is 14.0. The molecular formula is C17H21NO3. The maximum absolute atomic E-state index is 12.2. The Hall–Kier alpha value is -1.97. The number of carbonyl (C=O) groups is 1. The van der Waals surface area contributed by atoms with Crippen LogP contribution in [0.15, 0.2) is 12.1 Å². The highest BCUT2D eigenvalue weighted by Gasteiger charge is 2.20. The molecule has 21 heavy (non-hydrogen) atoms. The molecule has 3 rings (SSSR count). The molecule has 0 amide bonds. The SMILES string of the molecule is CCOC(=O)c1cc2c3c([nH]c2cc1OCC)CCCC3. The normalized spacial score (nSPS) is 14.0. The van der Waals surface area contributed by atoms with Crippen LogP contribution in [0.25, 0.3) is 10.9 Å². The average molecular weight is 287 g/mol. The maximum atomic E-state index is 12.2. The first-order chi connectivity index (χ1) is 10.2. The van der Waals surface area contributed by atoms with Crippen LogP contribution in [0.4, 0.5) is 0 Å². The summed E-state index contributed by atoms with van der Waals surface area (Å²) in [6.45, 7) is 4.62. The lowest BCUT2D eigenvalue weighted by Gasteiger charge is -2.12. The van der Waals surface area contributed by atoms with Crippen LogP contribution in [0.3, 0.4) is 0 Å². The molecule has 0 spiro atoms. The van der Waals surface area contributed by atoms with Gasteiger partial charge in [-0.05, 0) is 51.2 Å². The molecule has 112 valence electrons. The van der Waals surface area contributed by atoms with E-state index in [9.17, 15) is 4.79 Å². The number of H-pyrrole nitrogens is 1. The van der Waals surface area contributed by atoms with Crippen molar-refractivity contribution < 1.29 is 14.3 Å². The lowest BCUT2D eigenvalue weighted by Crippen LogP contribution is -2.08. The summed E-state index contributed by atoms with van der Waals surface area (Å²) in [7, 11) is 0. The topological polar surface area (TPSA) is 51.3 Å². The summed E-state index contributed by atoms with van der Waals surface area (Å²) < 4.78 is 10.8. The van der Waals surface area contributed by atoms with Crippen LogP contribution in [0.1, 0.15) is 48.3 Å². The zero-order chi connectivity index (χ0) is 14.8. The molecule has 0 aliphatic heterocycles. The van der Waals surface area contributed by atoms with Crippen LogP contribution < -0.4 is 4.74 Å². The summed E-state index contributed by atoms with van der Waals surface area (Å²) in [5.74, 6) is 0.288. The van der Waals surface area contributed by atoms with Gasteiger partial charge in [-0.25, -0.2) is 4.79 Å². The number of rotatable bonds is 4. The number of aromatic amines is 1. The van der Waals surface area contributed by atoms with E-state index in [4.69, 9.17) is 9.47 Å². The summed E-state index contributed by atoms with van der Waals surface area (Å²) in [5.41, 5.74) is 4.24. The van der Waals surface area contributed by atoms with Gasteiger partial charge in [0.15, 0.2) is 0 Å². The molecule has 1 N–H and O–H groups in total. The van der Waals surface area contributed by atoms with Crippen LogP contribution >= 0.6 is 0 Å². The van der Waals surface area contributed by atoms with Gasteiger partial charge in [0, 0.05) is 22.7 Å². The predicted octanol–water partition coefficient (Wildman–Crippen LogP) is 3.62. The lowest BCUT2D eigenvalue weighted by molar-refractivity contribution is 0.0522. The molecule has 0 bridgehead atoms. The summed E-state index contributed by atoms with van der Waals surface area (Å²) in [4.78, 5) is 15.6. The quantitative estimate of drug-likeness (QED) is 0.874. The summed E-state index contributed by atoms with van der Waals surface area (Å²) in [6, 6.07) is 3.86. The molecular weight excluding hydrogens is 266 g/mol. The van der Waals surface area contributed by atoms with E-state index in [1.807, 2.05) is 26.0 Å². The number of hydrogen-bond acceptors (Lipinski definition) is 3. The Morgan fingerprint density at radius 3 is 2.76 bits per heavy atom. The summed E-state index contributed by atoms with van der Waals surface area (Å²) in [6.07, 6.45) is 4.60. The van der Waals surface area contributed by atoms with Crippen molar-refractivity contribution >= 4 is 16.9 Å². The fourth-order valence-corrected chi connectivity index (χ4v) is 3.08. The van der Waals surface area contributed by atoms with Crippen LogP contribution in [0, 0.1) is 0 Å². The molecule has 0 radical (unpaired) electrons. The minimum Gasteiger partial charge on any atom is -0.493 e. The van der Waals surface area contributed by atoms with Gasteiger partial charge in [0.25, 0.3) is 0 Å². The Kier molecular flexibility index (Phi) is 3.86. The number of fused-ring (bicyclic) bond motifs is 3. The van der Waals surface area contributed by atoms with Gasteiger partial charge in [0.2, 0.25) is 0 Å². The molecule has 1 aromatic carbocycles. The highest BCUT2D eigenvalue weighted by molar-refractivity contribution is 5.99. The number of aryl methyl sites for hydroxylation is 2. The van der Waals surface area contributed by atoms with Crippen LogP contribution in [0.2, 0.25) is 0 Å². The molecule has 1 heterocycles. The minimum atomic E-state index is -0.311. The number of aromatic nitrogens is 1. The molecule has 0 atom stereocenters. The molecule has 1 aliphatic carbocycles. The van der Waals surface area contributed by atoms with Gasteiger partial charge >= 0.3 is 5.97 Å². The minimum absolute atomic E-state index is 0.311. The Labute approximate surface area is 124 Å². The Morgan fingerprint density at radius 2 is 2.00 bits per heavy atom. The lowest BCUT2D eigenvalue weighted by atomic mass is 9.95. The van der Waals surface area contributed by atoms with Crippen LogP contribution in [0.5, 0.6) is 5.75 Å². The number of benzene rings is 1. The van der Waals surface area contributed by atoms with Crippen LogP contribution in [-0.4, -0.2) is 24.2 Å². The van der Waals surface area contributed by atoms with E-state index >= 15 is 0 Å². The second kappa shape index (κ2) is 5.80. The van der Waals surface area contributed by atoms with E-state index in [2.05, 4.69) is 4.98 Å². The summed E-state index contributed by atoms with van der Waals surface area (Å²) >= 11 is 0. The van der Waals surface area contributed by atoms with Crippen molar-refractivity contribution in [3.05, 3.63) is 29.0 Å². The zero-order valence-electron chi connectivity index (χ0n) is 12.6. The number of ether oxygens (including phenoxy) is 2. The molecule has 0 unspecified atom stereocenters. The smallest absolute Gasteiger partial charge is 0.341 e. The molecule has 0 saturated heterocycles. The predicted molar refractivity (Wildman–Crippen MR) is 82.1 cm³/mol. The average Bonchev–Trinajstić information content (AvgIpc) is 2.84. The van der Waals surface area contributed by atoms with E-state index in [-0.39, 0.29) is 5.97 Å². The van der Waals surface area contributed by atoms with E-state index in [0.717, 1.165) is 23.7 Å². The van der Waals surface area contributed by atoms with Gasteiger partial charge in [-0.15, -0.1) is 0 Å². The first-order valence-corrected chi connectivity index (χ1v) is 7.72. The van der Waals surface area contributed by atoms with Crippen molar-refractivity contribution in [1.82, 2.24) is 4.98 Å². The second-order valence-electron chi connectivity index (χ2n) is 5.34. The third kappa shape index (κ3) is 2.50. The molecule has 0 saturated carbocycles. The molecule has 2 aromatic rings. The standard InChI is InChI=1S/C17H21NO3/c1-3-20-16-10-15-12(9-13(16)17(19)21-4-2)11-7-5-6-8-14(11)18-15/h9-10,18H,3-8H2,1-2H3. The fraction of sp³-hybridized carbons (Fsp3) is 0.471. The maximum Gasteiger partial charge on any atom is 0.341 e. The van der Waals surface area contributed by atoms with Crippen molar-refractivity contribution in [3.8, 4) is 5.75 Å². The Balaban J connectivity index is 2.14. The van der Waals surface area contributed by atoms with E-state index in [1.165, 1.54) is 24.1 Å². The van der Waals surface area contributed by atoms with E-state index < -0.39 is 0 Å². The van der Waals surface area contributed by atoms with Crippen molar-refractivity contribution in [2.45, 2.75) is 39.5 Å². The largest absolute Gasteiger partial charge is 0.493 e. The van der Waals surface area contributed by atoms with Gasteiger partial charge < -0.3 is 14.5 Å². The first-order valence-electron chi connectivity index (χ1n) is 7.72. The second-order valence-corrected chi connectivity index (χ2v) is 5.34. The molecule has 4 nitrogen and oxygen atoms in total. The highest BCUT2D eigenvalue weighted by atomic mass is 16.5. The van der Waals surface area contributed by atoms with Gasteiger partial charge in [-0.2, -0.15) is 0 Å². The third-order valence-corrected chi connectivity index (χ3v) is 3.99. The van der Waals surface area contributed by atoms with E-state index in [1.54, 1.807) is 0 Å². The highest BCUT2D eigenvalue weighted by Crippen LogP contribution is 2.33. The van der Waals surface area contributed by atoms with E-state index in [0.29, 0.717) is 24.5 Å². The van der Waals surface area contributed by atoms with Crippen LogP contribution in [-0.2, 0) is 17.6 Å². The molecule has 0 fully saturated rings. The molecule has 4 heteroatoms. The van der Waals surface area contributed by atoms with Gasteiger partial charge in [0.1, 0.15) is 11.3 Å². The van der Waals surface area contributed by atoms with Crippen molar-refractivity contribution in [1.29, 1.82) is 0 Å². The molecule has 1 aliphatic rings. The summed E-state index contributed by atoms with van der Waals surface area (Å²) in [5, 5.41) is 1.14. The Morgan fingerprint density at radius 1 is 1.19 bits per heavy atom. The zero-order valence-corrected chi connectivity index (χ0v) is 12.6.